The first-order chi connectivity index (χ1) is 17.7. The Morgan fingerprint density at radius 1 is 0.838 bits per heavy atom. The first-order valence-corrected chi connectivity index (χ1v) is 12.1. The van der Waals surface area contributed by atoms with Crippen molar-refractivity contribution in [2.75, 3.05) is 9.80 Å². The van der Waals surface area contributed by atoms with Gasteiger partial charge in [0.2, 0.25) is 0 Å². The van der Waals surface area contributed by atoms with Gasteiger partial charge in [-0.25, -0.2) is 9.97 Å². The predicted octanol–water partition coefficient (Wildman–Crippen LogP) is 7.63. The molecule has 1 fully saturated rings. The first-order valence-electron chi connectivity index (χ1n) is 12.1. The lowest BCUT2D eigenvalue weighted by Gasteiger charge is -2.43. The van der Waals surface area contributed by atoms with Crippen LogP contribution in [0.5, 0.6) is 0 Å². The number of anilines is 4. The lowest BCUT2D eigenvalue weighted by atomic mass is 9.80. The summed E-state index contributed by atoms with van der Waals surface area (Å²) in [5, 5.41) is 0. The molecule has 3 aromatic carbocycles. The maximum atomic E-state index is 13.9. The summed E-state index contributed by atoms with van der Waals surface area (Å²) in [4.78, 5) is 13.8. The number of alkyl halides is 3. The van der Waals surface area contributed by atoms with Gasteiger partial charge in [-0.15, -0.1) is 0 Å². The Morgan fingerprint density at radius 3 is 2.19 bits per heavy atom. The van der Waals surface area contributed by atoms with Crippen LogP contribution in [0.3, 0.4) is 0 Å². The van der Waals surface area contributed by atoms with E-state index in [-0.39, 0.29) is 22.6 Å². The number of benzene rings is 3. The molecule has 3 aliphatic rings. The molecule has 0 N–H and O–H groups in total. The van der Waals surface area contributed by atoms with E-state index >= 15 is 0 Å². The minimum atomic E-state index is -4.46. The highest BCUT2D eigenvalue weighted by molar-refractivity contribution is 5.92. The van der Waals surface area contributed by atoms with E-state index < -0.39 is 11.7 Å². The average Bonchev–Trinajstić information content (AvgIpc) is 3.20. The Morgan fingerprint density at radius 2 is 1.49 bits per heavy atom. The highest BCUT2D eigenvalue weighted by Crippen LogP contribution is 2.77. The molecular formula is C30H23F3N4. The third-order valence-electron chi connectivity index (χ3n) is 8.70. The molecule has 1 saturated carbocycles. The molecule has 3 atom stereocenters. The van der Waals surface area contributed by atoms with E-state index in [0.717, 1.165) is 34.4 Å². The molecule has 1 aliphatic carbocycles. The SMILES string of the molecule is C=C1C2(C)c3ccc(-c4ccccc4C(F)(F)F)cc3N3c4nccnc4N(c4ccccc4)C3C12C. The number of nitrogens with zero attached hydrogens (tertiary/aromatic N) is 4. The van der Waals surface area contributed by atoms with Crippen molar-refractivity contribution in [2.45, 2.75) is 31.6 Å². The van der Waals surface area contributed by atoms with Crippen molar-refractivity contribution >= 4 is 23.0 Å². The van der Waals surface area contributed by atoms with Crippen molar-refractivity contribution in [2.24, 2.45) is 5.41 Å². The minimum absolute atomic E-state index is 0.154. The van der Waals surface area contributed by atoms with Crippen molar-refractivity contribution in [3.05, 3.63) is 108 Å². The molecule has 37 heavy (non-hydrogen) atoms. The molecule has 4 nitrogen and oxygen atoms in total. The van der Waals surface area contributed by atoms with E-state index in [1.807, 2.05) is 42.5 Å². The minimum Gasteiger partial charge on any atom is -0.301 e. The average molecular weight is 497 g/mol. The van der Waals surface area contributed by atoms with Gasteiger partial charge < -0.3 is 9.80 Å². The van der Waals surface area contributed by atoms with Crippen LogP contribution in [0.15, 0.2) is 97.3 Å². The Kier molecular flexibility index (Phi) is 4.18. The Balaban J connectivity index is 1.50. The molecule has 1 aromatic heterocycles. The number of fused-ring (bicyclic) bond motifs is 8. The fourth-order valence-corrected chi connectivity index (χ4v) is 6.59. The molecule has 0 amide bonds. The monoisotopic (exact) mass is 496 g/mol. The van der Waals surface area contributed by atoms with Gasteiger partial charge in [0.15, 0.2) is 11.6 Å². The summed E-state index contributed by atoms with van der Waals surface area (Å²) >= 11 is 0. The molecular weight excluding hydrogens is 473 g/mol. The number of para-hydroxylation sites is 1. The van der Waals surface area contributed by atoms with Gasteiger partial charge in [-0.2, -0.15) is 13.2 Å². The van der Waals surface area contributed by atoms with Crippen LogP contribution in [-0.2, 0) is 11.6 Å². The highest BCUT2D eigenvalue weighted by Gasteiger charge is 2.76. The molecule has 7 rings (SSSR count). The van der Waals surface area contributed by atoms with E-state index in [4.69, 9.17) is 9.97 Å². The van der Waals surface area contributed by atoms with Gasteiger partial charge >= 0.3 is 6.18 Å². The summed E-state index contributed by atoms with van der Waals surface area (Å²) < 4.78 is 41.7. The first kappa shape index (κ1) is 22.1. The van der Waals surface area contributed by atoms with Crippen LogP contribution in [0, 0.1) is 5.41 Å². The highest BCUT2D eigenvalue weighted by atomic mass is 19.4. The van der Waals surface area contributed by atoms with Crippen LogP contribution in [0.25, 0.3) is 11.1 Å². The molecule has 2 aliphatic heterocycles. The third kappa shape index (κ3) is 2.64. The number of halogens is 3. The van der Waals surface area contributed by atoms with Crippen molar-refractivity contribution < 1.29 is 13.2 Å². The number of rotatable bonds is 2. The molecule has 0 saturated heterocycles. The fraction of sp³-hybridized carbons (Fsp3) is 0.200. The second-order valence-corrected chi connectivity index (χ2v) is 10.2. The summed E-state index contributed by atoms with van der Waals surface area (Å²) in [6, 6.07) is 21.4. The van der Waals surface area contributed by atoms with Gasteiger partial charge in [-0.1, -0.05) is 74.5 Å². The summed E-state index contributed by atoms with van der Waals surface area (Å²) in [5.41, 5.74) is 3.27. The van der Waals surface area contributed by atoms with Crippen molar-refractivity contribution in [1.29, 1.82) is 0 Å². The quantitative estimate of drug-likeness (QED) is 0.267. The lowest BCUT2D eigenvalue weighted by Crippen LogP contribution is -2.50. The maximum Gasteiger partial charge on any atom is 0.417 e. The molecule has 0 radical (unpaired) electrons. The van der Waals surface area contributed by atoms with Gasteiger partial charge in [0.25, 0.3) is 0 Å². The van der Waals surface area contributed by atoms with Crippen LogP contribution in [0.2, 0.25) is 0 Å². The van der Waals surface area contributed by atoms with Gasteiger partial charge in [0.1, 0.15) is 6.17 Å². The summed E-state index contributed by atoms with van der Waals surface area (Å²) in [5.74, 6) is 1.40. The molecule has 3 unspecified atom stereocenters. The zero-order valence-electron chi connectivity index (χ0n) is 20.3. The molecule has 4 aromatic rings. The standard InChI is InChI=1S/C30H23F3N4/c1-18-28(2)23-14-13-19(21-11-7-8-12-22(21)30(31,32)33)17-24(23)37-26-25(34-15-16-35-26)36(27(37)29(18,28)3)20-9-5-4-6-10-20/h4-17,27H,1H2,2-3H3. The van der Waals surface area contributed by atoms with Gasteiger partial charge in [-0.3, -0.25) is 0 Å². The Hall–Kier alpha value is -4.13. The molecule has 3 heterocycles. The van der Waals surface area contributed by atoms with Crippen LogP contribution >= 0.6 is 0 Å². The summed E-state index contributed by atoms with van der Waals surface area (Å²) in [6.07, 6.45) is -1.34. The third-order valence-corrected chi connectivity index (χ3v) is 8.70. The molecule has 184 valence electrons. The van der Waals surface area contributed by atoms with E-state index in [1.165, 1.54) is 12.1 Å². The van der Waals surface area contributed by atoms with Gasteiger partial charge in [-0.05, 0) is 41.0 Å². The van der Waals surface area contributed by atoms with Crippen molar-refractivity contribution in [3.63, 3.8) is 0 Å². The van der Waals surface area contributed by atoms with Crippen LogP contribution in [-0.4, -0.2) is 16.1 Å². The molecule has 7 heteroatoms. The predicted molar refractivity (Wildman–Crippen MR) is 138 cm³/mol. The Bertz CT molecular complexity index is 1600. The van der Waals surface area contributed by atoms with Crippen LogP contribution in [0.4, 0.5) is 36.2 Å². The van der Waals surface area contributed by atoms with Gasteiger partial charge in [0, 0.05) is 34.6 Å². The smallest absolute Gasteiger partial charge is 0.301 e. The Labute approximate surface area is 212 Å². The molecule has 0 spiro atoms. The molecule has 0 bridgehead atoms. The van der Waals surface area contributed by atoms with Crippen LogP contribution in [0.1, 0.15) is 25.0 Å². The second kappa shape index (κ2) is 7.00. The van der Waals surface area contributed by atoms with E-state index in [0.29, 0.717) is 11.4 Å². The van der Waals surface area contributed by atoms with E-state index in [1.54, 1.807) is 24.5 Å². The summed E-state index contributed by atoms with van der Waals surface area (Å²) in [6.45, 7) is 8.88. The fourth-order valence-electron chi connectivity index (χ4n) is 6.59. The van der Waals surface area contributed by atoms with Crippen LogP contribution < -0.4 is 9.80 Å². The van der Waals surface area contributed by atoms with E-state index in [2.05, 4.69) is 30.2 Å². The lowest BCUT2D eigenvalue weighted by molar-refractivity contribution is -0.137. The zero-order valence-corrected chi connectivity index (χ0v) is 20.3. The zero-order chi connectivity index (χ0) is 25.7. The largest absolute Gasteiger partial charge is 0.417 e. The van der Waals surface area contributed by atoms with Crippen molar-refractivity contribution in [1.82, 2.24) is 9.97 Å². The van der Waals surface area contributed by atoms with E-state index in [9.17, 15) is 13.2 Å². The van der Waals surface area contributed by atoms with Crippen molar-refractivity contribution in [3.8, 4) is 11.1 Å². The number of hydrogen-bond donors (Lipinski definition) is 0. The topological polar surface area (TPSA) is 32.3 Å². The maximum absolute atomic E-state index is 13.9. The summed E-state index contributed by atoms with van der Waals surface area (Å²) in [7, 11) is 0. The normalized spacial score (nSPS) is 25.3. The van der Waals surface area contributed by atoms with Gasteiger partial charge in [0.05, 0.1) is 5.56 Å². The number of hydrogen-bond acceptors (Lipinski definition) is 4. The number of aromatic nitrogens is 2. The second-order valence-electron chi connectivity index (χ2n) is 10.2.